The molecule has 1 rings (SSSR count). The highest BCUT2D eigenvalue weighted by molar-refractivity contribution is 9.10. The summed E-state index contributed by atoms with van der Waals surface area (Å²) in [6, 6.07) is 2.73. The predicted molar refractivity (Wildman–Crippen MR) is 43.4 cm³/mol. The molecule has 2 nitrogen and oxygen atoms in total. The summed E-state index contributed by atoms with van der Waals surface area (Å²) < 4.78 is 29.6. The van der Waals surface area contributed by atoms with E-state index < -0.39 is 6.43 Å². The van der Waals surface area contributed by atoms with Crippen molar-refractivity contribution >= 4 is 15.9 Å². The molecule has 0 saturated heterocycles. The molecular weight excluding hydrogens is 232 g/mol. The third-order valence-corrected chi connectivity index (χ3v) is 1.73. The van der Waals surface area contributed by atoms with Gasteiger partial charge in [-0.2, -0.15) is 0 Å². The minimum Gasteiger partial charge on any atom is -0.481 e. The SMILES string of the molecule is COc1nc(Br)ccc1C(F)F. The molecule has 0 atom stereocenters. The van der Waals surface area contributed by atoms with Crippen LogP contribution in [-0.2, 0) is 0 Å². The number of hydrogen-bond donors (Lipinski definition) is 0. The van der Waals surface area contributed by atoms with Crippen molar-refractivity contribution < 1.29 is 13.5 Å². The zero-order valence-corrected chi connectivity index (χ0v) is 7.81. The summed E-state index contributed by atoms with van der Waals surface area (Å²) in [5.74, 6) is -0.0422. The maximum absolute atomic E-state index is 12.2. The van der Waals surface area contributed by atoms with Crippen LogP contribution in [0.15, 0.2) is 16.7 Å². The second-order valence-electron chi connectivity index (χ2n) is 2.03. The third-order valence-electron chi connectivity index (χ3n) is 1.28. The van der Waals surface area contributed by atoms with E-state index in [0.717, 1.165) is 0 Å². The number of rotatable bonds is 2. The summed E-state index contributed by atoms with van der Waals surface area (Å²) in [7, 11) is 1.31. The molecule has 66 valence electrons. The molecule has 1 aromatic rings. The second-order valence-corrected chi connectivity index (χ2v) is 2.85. The van der Waals surface area contributed by atoms with Gasteiger partial charge in [-0.3, -0.25) is 0 Å². The lowest BCUT2D eigenvalue weighted by Gasteiger charge is -2.05. The van der Waals surface area contributed by atoms with Crippen LogP contribution < -0.4 is 4.74 Å². The van der Waals surface area contributed by atoms with Crippen LogP contribution in [0.1, 0.15) is 12.0 Å². The molecule has 0 aliphatic carbocycles. The maximum Gasteiger partial charge on any atom is 0.269 e. The average Bonchev–Trinajstić information content (AvgIpc) is 2.03. The molecule has 0 radical (unpaired) electrons. The lowest BCUT2D eigenvalue weighted by Crippen LogP contribution is -1.95. The van der Waals surface area contributed by atoms with Gasteiger partial charge in [0, 0.05) is 0 Å². The van der Waals surface area contributed by atoms with Crippen molar-refractivity contribution in [2.45, 2.75) is 6.43 Å². The van der Waals surface area contributed by atoms with Crippen LogP contribution in [0.5, 0.6) is 5.88 Å². The van der Waals surface area contributed by atoms with Crippen LogP contribution in [-0.4, -0.2) is 12.1 Å². The summed E-state index contributed by atoms with van der Waals surface area (Å²) in [5.41, 5.74) is -0.194. The standard InChI is InChI=1S/C7H6BrF2NO/c1-12-7-4(6(9)10)2-3-5(8)11-7/h2-3,6H,1H3. The largest absolute Gasteiger partial charge is 0.481 e. The molecular formula is C7H6BrF2NO. The van der Waals surface area contributed by atoms with Crippen LogP contribution in [0.4, 0.5) is 8.78 Å². The van der Waals surface area contributed by atoms with E-state index in [9.17, 15) is 8.78 Å². The topological polar surface area (TPSA) is 22.1 Å². The first-order chi connectivity index (χ1) is 5.65. The van der Waals surface area contributed by atoms with Crippen molar-refractivity contribution in [3.63, 3.8) is 0 Å². The van der Waals surface area contributed by atoms with E-state index in [0.29, 0.717) is 4.60 Å². The van der Waals surface area contributed by atoms with E-state index >= 15 is 0 Å². The lowest BCUT2D eigenvalue weighted by molar-refractivity contribution is 0.146. The Morgan fingerprint density at radius 1 is 1.50 bits per heavy atom. The van der Waals surface area contributed by atoms with Gasteiger partial charge in [0.25, 0.3) is 6.43 Å². The summed E-state index contributed by atoms with van der Waals surface area (Å²) >= 11 is 3.05. The second kappa shape index (κ2) is 3.80. The molecule has 0 amide bonds. The van der Waals surface area contributed by atoms with Gasteiger partial charge in [0.1, 0.15) is 4.60 Å². The van der Waals surface area contributed by atoms with Crippen LogP contribution in [0.2, 0.25) is 0 Å². The summed E-state index contributed by atoms with van der Waals surface area (Å²) in [6.07, 6.45) is -2.56. The molecule has 0 unspecified atom stereocenters. The van der Waals surface area contributed by atoms with Gasteiger partial charge in [-0.15, -0.1) is 0 Å². The number of aromatic nitrogens is 1. The Balaban J connectivity index is 3.11. The average molecular weight is 238 g/mol. The van der Waals surface area contributed by atoms with Crippen LogP contribution in [0.3, 0.4) is 0 Å². The zero-order valence-electron chi connectivity index (χ0n) is 6.22. The van der Waals surface area contributed by atoms with Crippen molar-refractivity contribution in [1.29, 1.82) is 0 Å². The molecule has 0 aliphatic heterocycles. The van der Waals surface area contributed by atoms with Gasteiger partial charge in [0.05, 0.1) is 12.7 Å². The zero-order chi connectivity index (χ0) is 9.14. The van der Waals surface area contributed by atoms with Gasteiger partial charge in [0.15, 0.2) is 0 Å². The smallest absolute Gasteiger partial charge is 0.269 e. The highest BCUT2D eigenvalue weighted by Crippen LogP contribution is 2.28. The number of halogens is 3. The monoisotopic (exact) mass is 237 g/mol. The van der Waals surface area contributed by atoms with Crippen molar-refractivity contribution in [3.8, 4) is 5.88 Å². The Hall–Kier alpha value is -0.710. The van der Waals surface area contributed by atoms with E-state index in [4.69, 9.17) is 0 Å². The third kappa shape index (κ3) is 1.91. The number of nitrogens with zero attached hydrogens (tertiary/aromatic N) is 1. The first-order valence-electron chi connectivity index (χ1n) is 3.13. The Morgan fingerprint density at radius 3 is 2.67 bits per heavy atom. The summed E-state index contributed by atoms with van der Waals surface area (Å²) in [5, 5.41) is 0. The number of pyridine rings is 1. The Kier molecular flexibility index (Phi) is 2.97. The van der Waals surface area contributed by atoms with Crippen molar-refractivity contribution in [3.05, 3.63) is 22.3 Å². The molecule has 0 aromatic carbocycles. The van der Waals surface area contributed by atoms with Crippen molar-refractivity contribution in [2.24, 2.45) is 0 Å². The van der Waals surface area contributed by atoms with E-state index in [2.05, 4.69) is 25.7 Å². The Labute approximate surface area is 76.7 Å². The highest BCUT2D eigenvalue weighted by atomic mass is 79.9. The predicted octanol–water partition coefficient (Wildman–Crippen LogP) is 2.79. The summed E-state index contributed by atoms with van der Waals surface area (Å²) in [6.45, 7) is 0. The van der Waals surface area contributed by atoms with E-state index in [1.165, 1.54) is 19.2 Å². The molecule has 0 fully saturated rings. The number of alkyl halides is 2. The number of ether oxygens (including phenoxy) is 1. The Bertz CT molecular complexity index is 280. The van der Waals surface area contributed by atoms with E-state index in [-0.39, 0.29) is 11.4 Å². The molecule has 5 heteroatoms. The molecule has 1 aromatic heterocycles. The molecule has 1 heterocycles. The molecule has 0 bridgehead atoms. The molecule has 0 N–H and O–H groups in total. The summed E-state index contributed by atoms with van der Waals surface area (Å²) in [4.78, 5) is 3.73. The van der Waals surface area contributed by atoms with Gasteiger partial charge in [-0.1, -0.05) is 0 Å². The fourth-order valence-corrected chi connectivity index (χ4v) is 1.05. The van der Waals surface area contributed by atoms with Gasteiger partial charge in [-0.05, 0) is 28.1 Å². The lowest BCUT2D eigenvalue weighted by atomic mass is 10.3. The molecule has 0 saturated carbocycles. The number of methoxy groups -OCH3 is 1. The quantitative estimate of drug-likeness (QED) is 0.739. The van der Waals surface area contributed by atoms with Gasteiger partial charge >= 0.3 is 0 Å². The van der Waals surface area contributed by atoms with Gasteiger partial charge in [0.2, 0.25) is 5.88 Å². The van der Waals surface area contributed by atoms with E-state index in [1.54, 1.807) is 0 Å². The molecule has 0 spiro atoms. The van der Waals surface area contributed by atoms with Crippen molar-refractivity contribution in [2.75, 3.05) is 7.11 Å². The minimum absolute atomic E-state index is 0.0422. The van der Waals surface area contributed by atoms with E-state index in [1.807, 2.05) is 0 Å². The first-order valence-corrected chi connectivity index (χ1v) is 3.93. The van der Waals surface area contributed by atoms with Gasteiger partial charge < -0.3 is 4.74 Å². The van der Waals surface area contributed by atoms with Crippen LogP contribution in [0.25, 0.3) is 0 Å². The Morgan fingerprint density at radius 2 is 2.17 bits per heavy atom. The van der Waals surface area contributed by atoms with Gasteiger partial charge in [-0.25, -0.2) is 13.8 Å². The first kappa shape index (κ1) is 9.38. The van der Waals surface area contributed by atoms with Crippen LogP contribution in [0, 0.1) is 0 Å². The maximum atomic E-state index is 12.2. The minimum atomic E-state index is -2.56. The molecule has 12 heavy (non-hydrogen) atoms. The number of hydrogen-bond acceptors (Lipinski definition) is 2. The van der Waals surface area contributed by atoms with Crippen molar-refractivity contribution in [1.82, 2.24) is 4.98 Å². The highest BCUT2D eigenvalue weighted by Gasteiger charge is 2.14. The molecule has 0 aliphatic rings. The fourth-order valence-electron chi connectivity index (χ4n) is 0.758. The fraction of sp³-hybridized carbons (Fsp3) is 0.286. The van der Waals surface area contributed by atoms with Crippen LogP contribution >= 0.6 is 15.9 Å². The normalized spacial score (nSPS) is 10.4.